The van der Waals surface area contributed by atoms with E-state index in [9.17, 15) is 4.79 Å². The maximum Gasteiger partial charge on any atom is 0.303 e. The lowest BCUT2D eigenvalue weighted by Gasteiger charge is -2.07. The first-order valence-electron chi connectivity index (χ1n) is 17.4. The smallest absolute Gasteiger partial charge is 0.303 e. The number of aliphatic carboxylic acids is 1. The molecule has 38 heavy (non-hydrogen) atoms. The molecule has 0 aliphatic rings. The minimum Gasteiger partial charge on any atom is -0.481 e. The van der Waals surface area contributed by atoms with Gasteiger partial charge in [0.05, 0.1) is 0 Å². The monoisotopic (exact) mass is 541 g/mol. The van der Waals surface area contributed by atoms with Crippen LogP contribution < -0.4 is 0 Å². The summed E-state index contributed by atoms with van der Waals surface area (Å²) >= 11 is 0. The second-order valence-electron chi connectivity index (χ2n) is 12.0. The third kappa shape index (κ3) is 39.9. The van der Waals surface area contributed by atoms with Gasteiger partial charge in [0.25, 0.3) is 0 Å². The van der Waals surface area contributed by atoms with Crippen molar-refractivity contribution in [1.29, 1.82) is 0 Å². The number of hydrogen-bond acceptors (Lipinski definition) is 2. The van der Waals surface area contributed by atoms with Gasteiger partial charge >= 0.3 is 5.97 Å². The van der Waals surface area contributed by atoms with Crippen LogP contribution in [0.2, 0.25) is 0 Å². The Morgan fingerprint density at radius 1 is 0.500 bits per heavy atom. The highest BCUT2D eigenvalue weighted by Crippen LogP contribution is 2.16. The van der Waals surface area contributed by atoms with Gasteiger partial charge in [-0.15, -0.1) is 0 Å². The Hall–Kier alpha value is -0.570. The Bertz CT molecular complexity index is 423. The summed E-state index contributed by atoms with van der Waals surface area (Å²) in [4.78, 5) is 10.2. The molecule has 0 aromatic rings. The molecule has 2 N–H and O–H groups in total. The largest absolute Gasteiger partial charge is 0.481 e. The van der Waals surface area contributed by atoms with Crippen LogP contribution in [0, 0.1) is 5.92 Å². The van der Waals surface area contributed by atoms with Gasteiger partial charge in [0, 0.05) is 13.0 Å². The van der Waals surface area contributed by atoms with E-state index in [2.05, 4.69) is 20.8 Å². The molecule has 0 aromatic carbocycles. The summed E-state index contributed by atoms with van der Waals surface area (Å²) in [6.45, 7) is 7.30. The van der Waals surface area contributed by atoms with Gasteiger partial charge in [-0.2, -0.15) is 0 Å². The molecule has 0 radical (unpaired) electrons. The van der Waals surface area contributed by atoms with Crippen molar-refractivity contribution in [2.75, 3.05) is 6.61 Å². The van der Waals surface area contributed by atoms with Crippen molar-refractivity contribution in [3.05, 3.63) is 0 Å². The summed E-state index contributed by atoms with van der Waals surface area (Å²) in [6, 6.07) is 0. The quantitative estimate of drug-likeness (QED) is 0.0890. The molecule has 0 amide bonds. The topological polar surface area (TPSA) is 57.5 Å². The van der Waals surface area contributed by atoms with Crippen LogP contribution in [-0.2, 0) is 4.79 Å². The van der Waals surface area contributed by atoms with E-state index in [-0.39, 0.29) is 0 Å². The van der Waals surface area contributed by atoms with Gasteiger partial charge in [-0.25, -0.2) is 0 Å². The normalized spacial score (nSPS) is 11.8. The Kier molecular flexibility index (Phi) is 37.9. The molecule has 0 rings (SSSR count). The van der Waals surface area contributed by atoms with Crippen LogP contribution in [0.1, 0.15) is 207 Å². The van der Waals surface area contributed by atoms with Gasteiger partial charge in [0.1, 0.15) is 0 Å². The van der Waals surface area contributed by atoms with Crippen molar-refractivity contribution < 1.29 is 15.0 Å². The summed E-state index contributed by atoms with van der Waals surface area (Å²) in [7, 11) is 0. The van der Waals surface area contributed by atoms with Crippen LogP contribution in [0.15, 0.2) is 0 Å². The Morgan fingerprint density at radius 3 is 1.13 bits per heavy atom. The van der Waals surface area contributed by atoms with Crippen molar-refractivity contribution in [3.8, 4) is 0 Å². The fourth-order valence-corrected chi connectivity index (χ4v) is 5.05. The maximum absolute atomic E-state index is 10.2. The zero-order chi connectivity index (χ0) is 28.4. The lowest BCUT2D eigenvalue weighted by molar-refractivity contribution is -0.137. The number of unbranched alkanes of at least 4 members (excludes halogenated alkanes) is 24. The molecule has 0 bridgehead atoms. The predicted octanol–water partition coefficient (Wildman–Crippen LogP) is 12.0. The summed E-state index contributed by atoms with van der Waals surface area (Å²) in [5.74, 6) is 0.282. The van der Waals surface area contributed by atoms with Gasteiger partial charge in [-0.3, -0.25) is 4.79 Å². The minimum absolute atomic E-state index is 0.343. The molecule has 0 fully saturated rings. The van der Waals surface area contributed by atoms with Gasteiger partial charge in [-0.05, 0) is 18.8 Å². The number of carbonyl (C=O) groups is 1. The SMILES string of the molecule is CCC(C)CCCCCCCCCCCCCCCCCCCO.CCCCCCCCCCCC(=O)O. The number of hydrogen-bond donors (Lipinski definition) is 2. The lowest BCUT2D eigenvalue weighted by Crippen LogP contribution is -1.93. The molecule has 0 saturated carbocycles. The molecule has 3 heteroatoms. The summed E-state index contributed by atoms with van der Waals surface area (Å²) in [6.07, 6.45) is 38.1. The number of aliphatic hydroxyl groups excluding tert-OH is 1. The zero-order valence-electron chi connectivity index (χ0n) is 26.6. The first-order chi connectivity index (χ1) is 18.6. The first-order valence-corrected chi connectivity index (χ1v) is 17.4. The summed E-state index contributed by atoms with van der Waals surface area (Å²) in [5, 5.41) is 17.1. The van der Waals surface area contributed by atoms with E-state index in [0.717, 1.165) is 25.2 Å². The number of rotatable bonds is 30. The number of carboxylic acids is 1. The molecule has 1 unspecified atom stereocenters. The Balaban J connectivity index is 0. The minimum atomic E-state index is -0.659. The Labute approximate surface area is 240 Å². The predicted molar refractivity (Wildman–Crippen MR) is 169 cm³/mol. The van der Waals surface area contributed by atoms with E-state index in [4.69, 9.17) is 10.2 Å². The van der Waals surface area contributed by atoms with E-state index in [1.807, 2.05) is 0 Å². The van der Waals surface area contributed by atoms with E-state index in [1.165, 1.54) is 161 Å². The van der Waals surface area contributed by atoms with Crippen molar-refractivity contribution in [2.45, 2.75) is 207 Å². The van der Waals surface area contributed by atoms with E-state index < -0.39 is 5.97 Å². The standard InChI is InChI=1S/C23H48O.C12H24O2/c1-3-23(2)21-19-17-15-13-11-9-7-5-4-6-8-10-12-14-16-18-20-22-24;1-2-3-4-5-6-7-8-9-10-11-12(13)14/h23-24H,3-22H2,1-2H3;2-11H2,1H3,(H,13,14). The molecule has 0 saturated heterocycles. The highest BCUT2D eigenvalue weighted by Gasteiger charge is 1.99. The van der Waals surface area contributed by atoms with Crippen LogP contribution in [0.25, 0.3) is 0 Å². The summed E-state index contributed by atoms with van der Waals surface area (Å²) < 4.78 is 0. The van der Waals surface area contributed by atoms with Gasteiger partial charge in [0.15, 0.2) is 0 Å². The average Bonchev–Trinajstić information content (AvgIpc) is 2.91. The van der Waals surface area contributed by atoms with Crippen LogP contribution in [0.5, 0.6) is 0 Å². The second-order valence-corrected chi connectivity index (χ2v) is 12.0. The third-order valence-corrected chi connectivity index (χ3v) is 8.05. The van der Waals surface area contributed by atoms with Crippen LogP contribution in [0.4, 0.5) is 0 Å². The molecule has 3 nitrogen and oxygen atoms in total. The molecule has 0 aliphatic heterocycles. The van der Waals surface area contributed by atoms with Gasteiger partial charge in [0.2, 0.25) is 0 Å². The lowest BCUT2D eigenvalue weighted by atomic mass is 9.99. The first kappa shape index (κ1) is 39.6. The van der Waals surface area contributed by atoms with Crippen molar-refractivity contribution in [3.63, 3.8) is 0 Å². The zero-order valence-corrected chi connectivity index (χ0v) is 26.6. The molecule has 0 aromatic heterocycles. The number of carboxylic acid groups (broad SMARTS) is 1. The molecular formula is C35H72O3. The van der Waals surface area contributed by atoms with Crippen molar-refractivity contribution in [2.24, 2.45) is 5.92 Å². The fourth-order valence-electron chi connectivity index (χ4n) is 5.05. The van der Waals surface area contributed by atoms with Crippen molar-refractivity contribution in [1.82, 2.24) is 0 Å². The number of aliphatic hydroxyl groups is 1. The van der Waals surface area contributed by atoms with Crippen LogP contribution in [0.3, 0.4) is 0 Å². The van der Waals surface area contributed by atoms with E-state index in [0.29, 0.717) is 13.0 Å². The maximum atomic E-state index is 10.2. The second kappa shape index (κ2) is 36.4. The molecule has 230 valence electrons. The highest BCUT2D eigenvalue weighted by molar-refractivity contribution is 5.66. The average molecular weight is 541 g/mol. The molecule has 0 spiro atoms. The molecule has 0 aliphatic carbocycles. The van der Waals surface area contributed by atoms with Gasteiger partial charge in [-0.1, -0.05) is 188 Å². The molecule has 1 atom stereocenters. The summed E-state index contributed by atoms with van der Waals surface area (Å²) in [5.41, 5.74) is 0. The molecule has 0 heterocycles. The fraction of sp³-hybridized carbons (Fsp3) is 0.971. The third-order valence-electron chi connectivity index (χ3n) is 8.05. The van der Waals surface area contributed by atoms with Crippen LogP contribution >= 0.6 is 0 Å². The van der Waals surface area contributed by atoms with Crippen LogP contribution in [-0.4, -0.2) is 22.8 Å². The Morgan fingerprint density at radius 2 is 0.816 bits per heavy atom. The van der Waals surface area contributed by atoms with Gasteiger partial charge < -0.3 is 10.2 Å². The van der Waals surface area contributed by atoms with E-state index in [1.54, 1.807) is 0 Å². The highest BCUT2D eigenvalue weighted by atomic mass is 16.4. The van der Waals surface area contributed by atoms with E-state index >= 15 is 0 Å². The van der Waals surface area contributed by atoms with Crippen molar-refractivity contribution >= 4 is 5.97 Å². The molecular weight excluding hydrogens is 468 g/mol.